The van der Waals surface area contributed by atoms with E-state index in [2.05, 4.69) is 256 Å². The second kappa shape index (κ2) is 21.1. The number of aryl methyl sites for hydroxylation is 2. The Morgan fingerprint density at radius 2 is 0.688 bits per heavy atom. The highest BCUT2D eigenvalue weighted by Gasteiger charge is 2.29. The third-order valence-electron chi connectivity index (χ3n) is 16.7. The first-order valence-corrected chi connectivity index (χ1v) is 30.7. The zero-order chi connectivity index (χ0) is 53.8. The molecule has 0 aliphatic heterocycles. The van der Waals surface area contributed by atoms with Crippen LogP contribution in [0.15, 0.2) is 218 Å². The first-order valence-electron chi connectivity index (χ1n) is 29.1. The average Bonchev–Trinajstić information content (AvgIpc) is 3.88. The van der Waals surface area contributed by atoms with Crippen molar-refractivity contribution in [2.24, 2.45) is 0 Å². The van der Waals surface area contributed by atoms with Crippen LogP contribution >= 0.6 is 22.7 Å². The molecular formula is C76H64N2S2. The third kappa shape index (κ3) is 8.25. The molecule has 2 aromatic heterocycles. The smallest absolute Gasteiger partial charge is 0.0540 e. The van der Waals surface area contributed by atoms with Gasteiger partial charge in [-0.05, 0) is 140 Å². The maximum atomic E-state index is 2.64. The predicted octanol–water partition coefficient (Wildman–Crippen LogP) is 23.4. The summed E-state index contributed by atoms with van der Waals surface area (Å²) in [6, 6.07) is 83.2. The van der Waals surface area contributed by atoms with E-state index >= 15 is 0 Å². The van der Waals surface area contributed by atoms with E-state index in [1.165, 1.54) is 151 Å². The van der Waals surface area contributed by atoms with Crippen LogP contribution in [0, 0.1) is 0 Å². The Bertz CT molecular complexity index is 4310. The molecule has 0 spiro atoms. The van der Waals surface area contributed by atoms with E-state index in [9.17, 15) is 0 Å². The minimum absolute atomic E-state index is 0.956. The summed E-state index contributed by atoms with van der Waals surface area (Å²) in [5.74, 6) is 0. The molecule has 0 bridgehead atoms. The predicted molar refractivity (Wildman–Crippen MR) is 352 cm³/mol. The lowest BCUT2D eigenvalue weighted by Crippen LogP contribution is -2.16. The largest absolute Gasteiger partial charge is 0.309 e. The van der Waals surface area contributed by atoms with Crippen LogP contribution in [0.3, 0.4) is 0 Å². The third-order valence-corrected chi connectivity index (χ3v) is 19.2. The topological polar surface area (TPSA) is 6.48 Å². The highest BCUT2D eigenvalue weighted by Crippen LogP contribution is 2.53. The van der Waals surface area contributed by atoms with Crippen LogP contribution in [-0.2, 0) is 25.7 Å². The minimum atomic E-state index is 0.956. The quantitative estimate of drug-likeness (QED) is 0.0890. The summed E-state index contributed by atoms with van der Waals surface area (Å²) in [5.41, 5.74) is 18.3. The highest BCUT2D eigenvalue weighted by molar-refractivity contribution is 7.26. The first-order chi connectivity index (χ1) is 39.6. The molecule has 390 valence electrons. The van der Waals surface area contributed by atoms with E-state index < -0.39 is 0 Å². The average molecular weight is 1070 g/mol. The Hall–Kier alpha value is -8.28. The number of hydrogen-bond donors (Lipinski definition) is 0. The van der Waals surface area contributed by atoms with Crippen LogP contribution in [0.25, 0.3) is 94.9 Å². The van der Waals surface area contributed by atoms with E-state index in [1.807, 2.05) is 22.7 Å². The fraction of sp³-hybridized carbons (Fsp3) is 0.158. The molecule has 0 saturated heterocycles. The maximum Gasteiger partial charge on any atom is 0.0540 e. The van der Waals surface area contributed by atoms with Crippen LogP contribution in [0.1, 0.15) is 75.6 Å². The fourth-order valence-corrected chi connectivity index (χ4v) is 15.9. The van der Waals surface area contributed by atoms with Gasteiger partial charge in [0, 0.05) is 62.5 Å². The van der Waals surface area contributed by atoms with Crippen LogP contribution in [-0.4, -0.2) is 0 Å². The molecule has 12 aromatic carbocycles. The van der Waals surface area contributed by atoms with Gasteiger partial charge in [-0.15, -0.1) is 22.7 Å². The molecule has 2 nitrogen and oxygen atoms in total. The van der Waals surface area contributed by atoms with Gasteiger partial charge in [-0.3, -0.25) is 0 Å². The number of nitrogens with zero attached hydrogens (tertiary/aromatic N) is 2. The molecule has 80 heavy (non-hydrogen) atoms. The van der Waals surface area contributed by atoms with Crippen LogP contribution in [0.4, 0.5) is 34.1 Å². The second-order valence-corrected chi connectivity index (χ2v) is 23.8. The van der Waals surface area contributed by atoms with Crippen molar-refractivity contribution in [2.75, 3.05) is 9.80 Å². The lowest BCUT2D eigenvalue weighted by molar-refractivity contribution is 0.893. The van der Waals surface area contributed by atoms with Gasteiger partial charge < -0.3 is 9.80 Å². The molecule has 14 rings (SSSR count). The van der Waals surface area contributed by atoms with Crippen molar-refractivity contribution in [1.82, 2.24) is 0 Å². The van der Waals surface area contributed by atoms with Gasteiger partial charge in [0.05, 0.1) is 22.7 Å². The van der Waals surface area contributed by atoms with E-state index in [0.29, 0.717) is 0 Å². The van der Waals surface area contributed by atoms with Crippen LogP contribution in [0.2, 0.25) is 0 Å². The lowest BCUT2D eigenvalue weighted by Gasteiger charge is -2.34. The maximum absolute atomic E-state index is 2.64. The normalized spacial score (nSPS) is 11.9. The fourth-order valence-electron chi connectivity index (χ4n) is 13.4. The first kappa shape index (κ1) is 50.0. The van der Waals surface area contributed by atoms with Gasteiger partial charge in [0.15, 0.2) is 0 Å². The molecule has 0 N–H and O–H groups in total. The molecule has 0 fully saturated rings. The Kier molecular flexibility index (Phi) is 13.2. The van der Waals surface area contributed by atoms with Gasteiger partial charge in [-0.2, -0.15) is 0 Å². The minimum Gasteiger partial charge on any atom is -0.309 e. The number of benzene rings is 12. The highest BCUT2D eigenvalue weighted by atomic mass is 32.1. The van der Waals surface area contributed by atoms with Gasteiger partial charge in [0.2, 0.25) is 0 Å². The summed E-state index contributed by atoms with van der Waals surface area (Å²) in [4.78, 5) is 5.29. The van der Waals surface area contributed by atoms with Crippen molar-refractivity contribution in [1.29, 1.82) is 0 Å². The van der Waals surface area contributed by atoms with Crippen molar-refractivity contribution in [3.8, 4) is 22.3 Å². The number of anilines is 6. The molecule has 0 saturated carbocycles. The van der Waals surface area contributed by atoms with Crippen LogP contribution in [0.5, 0.6) is 0 Å². The number of fused-ring (bicyclic) bond motifs is 6. The van der Waals surface area contributed by atoms with Crippen molar-refractivity contribution >= 4 is 129 Å². The number of para-hydroxylation sites is 2. The molecule has 4 heteroatoms. The molecule has 2 heterocycles. The van der Waals surface area contributed by atoms with Gasteiger partial charge in [0.1, 0.15) is 0 Å². The van der Waals surface area contributed by atoms with Crippen LogP contribution < -0.4 is 9.80 Å². The van der Waals surface area contributed by atoms with Crippen molar-refractivity contribution in [3.63, 3.8) is 0 Å². The molecule has 0 aliphatic carbocycles. The lowest BCUT2D eigenvalue weighted by atomic mass is 9.88. The molecule has 0 radical (unpaired) electrons. The standard InChI is InChI=1S/C76H64N2S2/c1-5-21-51-39-43-55(61-31-19-33-63-57-29-15-17-35-69(57)79-75(61)63)59(23-7-3)73(51)77(53-25-11-9-12-26-53)67-47-41-49-38-46-66-68(48-42-50-37-45-65(67)71(49)72(50)66)78(54-27-13-10-14-28-54)74-52(22-6-2)40-44-56(60(74)24-8-4)62-32-20-34-64-58-30-16-18-36-70(58)80-76(62)64/h9-20,25-48H,5-8,21-24H2,1-4H3. The van der Waals surface area contributed by atoms with Gasteiger partial charge >= 0.3 is 0 Å². The number of rotatable bonds is 16. The summed E-state index contributed by atoms with van der Waals surface area (Å²) >= 11 is 3.85. The summed E-state index contributed by atoms with van der Waals surface area (Å²) in [6.45, 7) is 9.34. The van der Waals surface area contributed by atoms with Gasteiger partial charge in [-0.1, -0.05) is 223 Å². The molecule has 0 unspecified atom stereocenters. The van der Waals surface area contributed by atoms with Gasteiger partial charge in [0.25, 0.3) is 0 Å². The Labute approximate surface area is 478 Å². The molecule has 0 atom stereocenters. The second-order valence-electron chi connectivity index (χ2n) is 21.7. The number of hydrogen-bond acceptors (Lipinski definition) is 4. The van der Waals surface area contributed by atoms with Crippen molar-refractivity contribution in [2.45, 2.75) is 79.1 Å². The van der Waals surface area contributed by atoms with Crippen molar-refractivity contribution in [3.05, 3.63) is 241 Å². The SMILES string of the molecule is CCCc1ccc(-c2cccc3c2sc2ccccc23)c(CCC)c1N(c1ccccc1)c1ccc2ccc3c(N(c4ccccc4)c4c(CCC)ccc(-c5cccc6c5sc5ccccc56)c4CCC)ccc4ccc1c2c43. The zero-order valence-corrected chi connectivity index (χ0v) is 47.8. The monoisotopic (exact) mass is 1070 g/mol. The summed E-state index contributed by atoms with van der Waals surface area (Å²) < 4.78 is 5.39. The van der Waals surface area contributed by atoms with E-state index in [0.717, 1.165) is 51.4 Å². The summed E-state index contributed by atoms with van der Waals surface area (Å²) in [6.07, 6.45) is 8.04. The Morgan fingerprint density at radius 3 is 1.11 bits per heavy atom. The van der Waals surface area contributed by atoms with E-state index in [1.54, 1.807) is 0 Å². The summed E-state index contributed by atoms with van der Waals surface area (Å²) in [5, 5.41) is 13.0. The molecule has 14 aromatic rings. The van der Waals surface area contributed by atoms with E-state index in [-0.39, 0.29) is 0 Å². The molecule has 0 aliphatic rings. The number of thiophene rings is 2. The Morgan fingerprint density at radius 1 is 0.300 bits per heavy atom. The zero-order valence-electron chi connectivity index (χ0n) is 46.2. The van der Waals surface area contributed by atoms with Crippen molar-refractivity contribution < 1.29 is 0 Å². The Balaban J connectivity index is 1.02. The van der Waals surface area contributed by atoms with Gasteiger partial charge in [-0.25, -0.2) is 0 Å². The van der Waals surface area contributed by atoms with E-state index in [4.69, 9.17) is 0 Å². The summed E-state index contributed by atoms with van der Waals surface area (Å²) in [7, 11) is 0. The molecular weight excluding hydrogens is 1000 g/mol. The molecule has 0 amide bonds.